The molecule has 1 N–H and O–H groups in total. The minimum atomic E-state index is -0.400. The van der Waals surface area contributed by atoms with E-state index in [1.165, 1.54) is 6.08 Å². The molecule has 0 bridgehead atoms. The van der Waals surface area contributed by atoms with Crippen molar-refractivity contribution in [2.45, 2.75) is 19.9 Å². The third kappa shape index (κ3) is 3.02. The van der Waals surface area contributed by atoms with Gasteiger partial charge in [0.05, 0.1) is 0 Å². The maximum Gasteiger partial charge on any atom is 0.247 e. The van der Waals surface area contributed by atoms with Crippen LogP contribution in [0.1, 0.15) is 18.1 Å². The van der Waals surface area contributed by atoms with E-state index in [1.54, 1.807) is 17.9 Å². The van der Waals surface area contributed by atoms with E-state index in [9.17, 15) is 9.59 Å². The van der Waals surface area contributed by atoms with Crippen LogP contribution in [0.3, 0.4) is 0 Å². The predicted molar refractivity (Wildman–Crippen MR) is 74.4 cm³/mol. The van der Waals surface area contributed by atoms with Gasteiger partial charge in [-0.2, -0.15) is 0 Å². The van der Waals surface area contributed by atoms with Crippen LogP contribution in [0.15, 0.2) is 30.3 Å². The molecule has 0 saturated carbocycles. The Kier molecular flexibility index (Phi) is 4.00. The largest absolute Gasteiger partial charge is 0.353 e. The quantitative estimate of drug-likeness (QED) is 0.814. The molecule has 1 fully saturated rings. The average molecular weight is 258 g/mol. The van der Waals surface area contributed by atoms with Gasteiger partial charge in [0.1, 0.15) is 6.04 Å². The van der Waals surface area contributed by atoms with Gasteiger partial charge in [-0.15, -0.1) is 0 Å². The van der Waals surface area contributed by atoms with E-state index in [2.05, 4.69) is 5.32 Å². The molecular formula is C15H18N2O2. The molecule has 2 amide bonds. The van der Waals surface area contributed by atoms with E-state index in [-0.39, 0.29) is 11.8 Å². The topological polar surface area (TPSA) is 49.4 Å². The monoisotopic (exact) mass is 258 g/mol. The van der Waals surface area contributed by atoms with Crippen LogP contribution < -0.4 is 5.32 Å². The summed E-state index contributed by atoms with van der Waals surface area (Å²) in [6.45, 7) is 4.83. The second-order valence-corrected chi connectivity index (χ2v) is 4.69. The fraction of sp³-hybridized carbons (Fsp3) is 0.333. The third-order valence-electron chi connectivity index (χ3n) is 3.38. The number of piperazine rings is 1. The number of aryl methyl sites for hydroxylation is 1. The van der Waals surface area contributed by atoms with Gasteiger partial charge >= 0.3 is 0 Å². The standard InChI is InChI=1S/C15H18N2O2/c1-11-5-3-4-6-13(11)7-8-14(18)17-10-9-16-15(19)12(17)2/h3-8,12H,9-10H2,1-2H3,(H,16,19). The van der Waals surface area contributed by atoms with Crippen LogP contribution in [0.25, 0.3) is 6.08 Å². The first-order valence-corrected chi connectivity index (χ1v) is 6.41. The lowest BCUT2D eigenvalue weighted by atomic mass is 10.1. The zero-order chi connectivity index (χ0) is 13.8. The molecule has 0 radical (unpaired) electrons. The number of hydrogen-bond donors (Lipinski definition) is 1. The summed E-state index contributed by atoms with van der Waals surface area (Å²) < 4.78 is 0. The third-order valence-corrected chi connectivity index (χ3v) is 3.38. The number of nitrogens with zero attached hydrogens (tertiary/aromatic N) is 1. The fourth-order valence-electron chi connectivity index (χ4n) is 2.11. The van der Waals surface area contributed by atoms with Gasteiger partial charge in [0.25, 0.3) is 0 Å². The maximum absolute atomic E-state index is 12.1. The molecule has 1 saturated heterocycles. The van der Waals surface area contributed by atoms with Crippen molar-refractivity contribution in [3.05, 3.63) is 41.5 Å². The first-order chi connectivity index (χ1) is 9.09. The van der Waals surface area contributed by atoms with Crippen molar-refractivity contribution in [3.63, 3.8) is 0 Å². The van der Waals surface area contributed by atoms with Crippen molar-refractivity contribution in [2.24, 2.45) is 0 Å². The van der Waals surface area contributed by atoms with Crippen LogP contribution in [0.4, 0.5) is 0 Å². The summed E-state index contributed by atoms with van der Waals surface area (Å²) in [5.74, 6) is -0.213. The van der Waals surface area contributed by atoms with Gasteiger partial charge in [-0.1, -0.05) is 24.3 Å². The molecule has 1 heterocycles. The highest BCUT2D eigenvalue weighted by Crippen LogP contribution is 2.10. The Balaban J connectivity index is 2.09. The van der Waals surface area contributed by atoms with E-state index in [4.69, 9.17) is 0 Å². The Hall–Kier alpha value is -2.10. The van der Waals surface area contributed by atoms with Gasteiger partial charge in [-0.3, -0.25) is 9.59 Å². The highest BCUT2D eigenvalue weighted by Gasteiger charge is 2.27. The lowest BCUT2D eigenvalue weighted by Crippen LogP contribution is -2.55. The maximum atomic E-state index is 12.1. The lowest BCUT2D eigenvalue weighted by molar-refractivity contribution is -0.139. The zero-order valence-corrected chi connectivity index (χ0v) is 11.2. The van der Waals surface area contributed by atoms with E-state index in [0.29, 0.717) is 13.1 Å². The van der Waals surface area contributed by atoms with Crippen molar-refractivity contribution in [3.8, 4) is 0 Å². The summed E-state index contributed by atoms with van der Waals surface area (Å²) >= 11 is 0. The van der Waals surface area contributed by atoms with Crippen LogP contribution in [0.5, 0.6) is 0 Å². The second-order valence-electron chi connectivity index (χ2n) is 4.69. The minimum Gasteiger partial charge on any atom is -0.353 e. The second kappa shape index (κ2) is 5.69. The molecule has 4 heteroatoms. The number of carbonyl (C=O) groups is 2. The van der Waals surface area contributed by atoms with Gasteiger partial charge in [-0.25, -0.2) is 0 Å². The molecule has 1 aliphatic heterocycles. The molecule has 0 aliphatic carbocycles. The first kappa shape index (κ1) is 13.3. The number of rotatable bonds is 2. The molecule has 1 aliphatic rings. The molecule has 1 atom stereocenters. The van der Waals surface area contributed by atoms with E-state index >= 15 is 0 Å². The van der Waals surface area contributed by atoms with Crippen LogP contribution in [0.2, 0.25) is 0 Å². The van der Waals surface area contributed by atoms with Crippen LogP contribution in [0, 0.1) is 6.92 Å². The summed E-state index contributed by atoms with van der Waals surface area (Å²) in [4.78, 5) is 25.2. The normalized spacial score (nSPS) is 19.6. The van der Waals surface area contributed by atoms with Crippen LogP contribution >= 0.6 is 0 Å². The van der Waals surface area contributed by atoms with Crippen LogP contribution in [-0.2, 0) is 9.59 Å². The molecule has 4 nitrogen and oxygen atoms in total. The Morgan fingerprint density at radius 1 is 1.42 bits per heavy atom. The summed E-state index contributed by atoms with van der Waals surface area (Å²) in [6.07, 6.45) is 3.34. The van der Waals surface area contributed by atoms with E-state index < -0.39 is 6.04 Å². The molecule has 1 aromatic rings. The number of benzene rings is 1. The molecular weight excluding hydrogens is 240 g/mol. The minimum absolute atomic E-state index is 0.0936. The molecule has 19 heavy (non-hydrogen) atoms. The summed E-state index contributed by atoms with van der Waals surface area (Å²) in [5, 5.41) is 2.74. The van der Waals surface area contributed by atoms with Gasteiger partial charge in [0, 0.05) is 19.2 Å². The SMILES string of the molecule is Cc1ccccc1C=CC(=O)N1CCNC(=O)C1C. The van der Waals surface area contributed by atoms with Gasteiger partial charge in [-0.05, 0) is 31.1 Å². The van der Waals surface area contributed by atoms with Crippen LogP contribution in [-0.4, -0.2) is 35.8 Å². The van der Waals surface area contributed by atoms with Gasteiger partial charge < -0.3 is 10.2 Å². The molecule has 0 spiro atoms. The Morgan fingerprint density at radius 2 is 2.16 bits per heavy atom. The predicted octanol–water partition coefficient (Wildman–Crippen LogP) is 1.36. The molecule has 0 aromatic heterocycles. The lowest BCUT2D eigenvalue weighted by Gasteiger charge is -2.31. The zero-order valence-electron chi connectivity index (χ0n) is 11.2. The van der Waals surface area contributed by atoms with Crippen molar-refractivity contribution in [1.29, 1.82) is 0 Å². The van der Waals surface area contributed by atoms with Gasteiger partial charge in [0.15, 0.2) is 0 Å². The van der Waals surface area contributed by atoms with E-state index in [1.807, 2.05) is 31.2 Å². The summed E-state index contributed by atoms with van der Waals surface area (Å²) in [5.41, 5.74) is 2.14. The average Bonchev–Trinajstić information content (AvgIpc) is 2.40. The fourth-order valence-corrected chi connectivity index (χ4v) is 2.11. The molecule has 100 valence electrons. The first-order valence-electron chi connectivity index (χ1n) is 6.41. The Morgan fingerprint density at radius 3 is 2.89 bits per heavy atom. The van der Waals surface area contributed by atoms with Crippen molar-refractivity contribution < 1.29 is 9.59 Å². The van der Waals surface area contributed by atoms with Crippen molar-refractivity contribution >= 4 is 17.9 Å². The molecule has 2 rings (SSSR count). The van der Waals surface area contributed by atoms with E-state index in [0.717, 1.165) is 11.1 Å². The number of hydrogen-bond acceptors (Lipinski definition) is 2. The smallest absolute Gasteiger partial charge is 0.247 e. The number of nitrogens with one attached hydrogen (secondary N) is 1. The number of amides is 2. The highest BCUT2D eigenvalue weighted by atomic mass is 16.2. The van der Waals surface area contributed by atoms with Crippen molar-refractivity contribution in [1.82, 2.24) is 10.2 Å². The molecule has 1 unspecified atom stereocenters. The molecule has 1 aromatic carbocycles. The Bertz CT molecular complexity index is 523. The Labute approximate surface area is 113 Å². The van der Waals surface area contributed by atoms with Gasteiger partial charge in [0.2, 0.25) is 11.8 Å². The van der Waals surface area contributed by atoms with Crippen molar-refractivity contribution in [2.75, 3.05) is 13.1 Å². The number of carbonyl (C=O) groups excluding carboxylic acids is 2. The summed E-state index contributed by atoms with van der Waals surface area (Å²) in [7, 11) is 0. The highest BCUT2D eigenvalue weighted by molar-refractivity contribution is 5.96. The summed E-state index contributed by atoms with van der Waals surface area (Å²) in [6, 6.07) is 7.47.